The summed E-state index contributed by atoms with van der Waals surface area (Å²) in [6.45, 7) is 4.42. The van der Waals surface area contributed by atoms with Crippen LogP contribution in [0.1, 0.15) is 26.7 Å². The summed E-state index contributed by atoms with van der Waals surface area (Å²) < 4.78 is 4.86. The van der Waals surface area contributed by atoms with Crippen LogP contribution in [0.15, 0.2) is 0 Å². The first-order valence-electron chi connectivity index (χ1n) is 4.35. The zero-order valence-corrected chi connectivity index (χ0v) is 8.17. The van der Waals surface area contributed by atoms with Crippen molar-refractivity contribution in [1.82, 2.24) is 0 Å². The van der Waals surface area contributed by atoms with Crippen molar-refractivity contribution >= 4 is 5.78 Å². The minimum atomic E-state index is -0.0418. The van der Waals surface area contributed by atoms with Crippen LogP contribution in [0.2, 0.25) is 0 Å². The second-order valence-corrected chi connectivity index (χ2v) is 3.37. The van der Waals surface area contributed by atoms with Crippen LogP contribution in [0.3, 0.4) is 0 Å². The van der Waals surface area contributed by atoms with Gasteiger partial charge in [-0.2, -0.15) is 0 Å². The quantitative estimate of drug-likeness (QED) is 0.651. The van der Waals surface area contributed by atoms with Gasteiger partial charge in [0.1, 0.15) is 5.78 Å². The molecule has 1 atom stereocenters. The van der Waals surface area contributed by atoms with Crippen LogP contribution in [0.25, 0.3) is 0 Å². The number of Topliss-reactive ketones (excluding diaryl/α,β-unsaturated/α-hetero) is 1. The van der Waals surface area contributed by atoms with Gasteiger partial charge in [-0.3, -0.25) is 4.79 Å². The van der Waals surface area contributed by atoms with Crippen molar-refractivity contribution in [2.24, 2.45) is 11.7 Å². The number of hydrogen-bond donors (Lipinski definition) is 1. The van der Waals surface area contributed by atoms with E-state index in [0.717, 1.165) is 6.42 Å². The van der Waals surface area contributed by atoms with Gasteiger partial charge < -0.3 is 10.5 Å². The van der Waals surface area contributed by atoms with Gasteiger partial charge in [0.25, 0.3) is 0 Å². The van der Waals surface area contributed by atoms with Gasteiger partial charge >= 0.3 is 0 Å². The first-order chi connectivity index (χ1) is 5.57. The zero-order valence-electron chi connectivity index (χ0n) is 8.17. The summed E-state index contributed by atoms with van der Waals surface area (Å²) in [6.07, 6.45) is 1.23. The third kappa shape index (κ3) is 5.27. The Kier molecular flexibility index (Phi) is 5.93. The third-order valence-corrected chi connectivity index (χ3v) is 1.80. The zero-order chi connectivity index (χ0) is 9.56. The fraction of sp³-hybridized carbons (Fsp3) is 0.889. The number of methoxy groups -OCH3 is 1. The van der Waals surface area contributed by atoms with Gasteiger partial charge in [-0.05, 0) is 6.42 Å². The summed E-state index contributed by atoms with van der Waals surface area (Å²) in [5.41, 5.74) is 5.70. The second-order valence-electron chi connectivity index (χ2n) is 3.37. The van der Waals surface area contributed by atoms with E-state index < -0.39 is 0 Å². The second kappa shape index (κ2) is 6.14. The summed E-state index contributed by atoms with van der Waals surface area (Å²) in [5, 5.41) is 0. The van der Waals surface area contributed by atoms with Crippen molar-refractivity contribution < 1.29 is 9.53 Å². The smallest absolute Gasteiger partial charge is 0.136 e. The minimum Gasteiger partial charge on any atom is -0.385 e. The maximum absolute atomic E-state index is 11.2. The normalized spacial score (nSPS) is 13.4. The molecule has 0 aliphatic rings. The van der Waals surface area contributed by atoms with E-state index >= 15 is 0 Å². The molecule has 0 aromatic rings. The van der Waals surface area contributed by atoms with E-state index in [1.165, 1.54) is 0 Å². The van der Waals surface area contributed by atoms with E-state index in [2.05, 4.69) is 0 Å². The molecule has 0 spiro atoms. The molecule has 72 valence electrons. The summed E-state index contributed by atoms with van der Waals surface area (Å²) in [5.74, 6) is 0.331. The molecule has 0 amide bonds. The summed E-state index contributed by atoms with van der Waals surface area (Å²) in [7, 11) is 1.64. The van der Waals surface area contributed by atoms with Crippen LogP contribution in [0.4, 0.5) is 0 Å². The predicted molar refractivity (Wildman–Crippen MR) is 48.9 cm³/mol. The van der Waals surface area contributed by atoms with Gasteiger partial charge in [-0.1, -0.05) is 13.8 Å². The third-order valence-electron chi connectivity index (χ3n) is 1.80. The molecule has 2 N–H and O–H groups in total. The molecule has 0 saturated heterocycles. The molecule has 0 bridgehead atoms. The van der Waals surface area contributed by atoms with Gasteiger partial charge in [0, 0.05) is 32.1 Å². The fourth-order valence-corrected chi connectivity index (χ4v) is 0.865. The number of carbonyl (C=O) groups is 1. The first-order valence-corrected chi connectivity index (χ1v) is 4.35. The lowest BCUT2D eigenvalue weighted by Gasteiger charge is -2.11. The summed E-state index contributed by atoms with van der Waals surface area (Å²) in [6, 6.07) is -0.0418. The van der Waals surface area contributed by atoms with Crippen LogP contribution in [-0.4, -0.2) is 25.5 Å². The Hall–Kier alpha value is -0.410. The molecular weight excluding hydrogens is 154 g/mol. The summed E-state index contributed by atoms with van der Waals surface area (Å²) in [4.78, 5) is 11.2. The summed E-state index contributed by atoms with van der Waals surface area (Å²) >= 11 is 0. The fourth-order valence-electron chi connectivity index (χ4n) is 0.865. The molecule has 0 heterocycles. The van der Waals surface area contributed by atoms with Crippen molar-refractivity contribution in [2.75, 3.05) is 13.7 Å². The monoisotopic (exact) mass is 173 g/mol. The standard InChI is InChI=1S/C9H19NO2/c1-7(2)9(11)6-8(10)4-5-12-3/h7-8H,4-6,10H2,1-3H3. The Morgan fingerprint density at radius 3 is 2.50 bits per heavy atom. The van der Waals surface area contributed by atoms with E-state index in [1.54, 1.807) is 7.11 Å². The predicted octanol–water partition coefficient (Wildman–Crippen LogP) is 0.965. The number of ether oxygens (including phenoxy) is 1. The number of carbonyl (C=O) groups excluding carboxylic acids is 1. The average molecular weight is 173 g/mol. The van der Waals surface area contributed by atoms with E-state index in [9.17, 15) is 4.79 Å². The van der Waals surface area contributed by atoms with Crippen molar-refractivity contribution in [1.29, 1.82) is 0 Å². The largest absolute Gasteiger partial charge is 0.385 e. The van der Waals surface area contributed by atoms with Crippen LogP contribution in [0, 0.1) is 5.92 Å². The van der Waals surface area contributed by atoms with Crippen molar-refractivity contribution in [3.63, 3.8) is 0 Å². The molecule has 1 unspecified atom stereocenters. The van der Waals surface area contributed by atoms with Gasteiger partial charge in [0.05, 0.1) is 0 Å². The lowest BCUT2D eigenvalue weighted by Crippen LogP contribution is -2.27. The highest BCUT2D eigenvalue weighted by Crippen LogP contribution is 2.03. The highest BCUT2D eigenvalue weighted by molar-refractivity contribution is 5.80. The van der Waals surface area contributed by atoms with Crippen molar-refractivity contribution in [3.8, 4) is 0 Å². The Balaban J connectivity index is 3.54. The van der Waals surface area contributed by atoms with Crippen molar-refractivity contribution in [3.05, 3.63) is 0 Å². The molecule has 0 aromatic heterocycles. The van der Waals surface area contributed by atoms with E-state index in [1.807, 2.05) is 13.8 Å². The molecule has 0 aliphatic heterocycles. The highest BCUT2D eigenvalue weighted by atomic mass is 16.5. The molecule has 0 radical (unpaired) electrons. The van der Waals surface area contributed by atoms with Crippen molar-refractivity contribution in [2.45, 2.75) is 32.7 Å². The lowest BCUT2D eigenvalue weighted by atomic mass is 10.0. The number of hydrogen-bond acceptors (Lipinski definition) is 3. The molecule has 0 aromatic carbocycles. The Morgan fingerprint density at radius 1 is 1.50 bits per heavy atom. The topological polar surface area (TPSA) is 52.3 Å². The maximum Gasteiger partial charge on any atom is 0.136 e. The molecule has 0 saturated carbocycles. The Morgan fingerprint density at radius 2 is 2.08 bits per heavy atom. The molecule has 3 heteroatoms. The SMILES string of the molecule is COCCC(N)CC(=O)C(C)C. The van der Waals surface area contributed by atoms with Gasteiger partial charge in [0.2, 0.25) is 0 Å². The lowest BCUT2D eigenvalue weighted by molar-refractivity contribution is -0.122. The molecular formula is C9H19NO2. The molecule has 0 fully saturated rings. The molecule has 12 heavy (non-hydrogen) atoms. The van der Waals surface area contributed by atoms with E-state index in [4.69, 9.17) is 10.5 Å². The highest BCUT2D eigenvalue weighted by Gasteiger charge is 2.11. The van der Waals surface area contributed by atoms with Gasteiger partial charge in [-0.15, -0.1) is 0 Å². The minimum absolute atomic E-state index is 0.0418. The van der Waals surface area contributed by atoms with Crippen LogP contribution < -0.4 is 5.73 Å². The van der Waals surface area contributed by atoms with Crippen LogP contribution in [-0.2, 0) is 9.53 Å². The number of nitrogens with two attached hydrogens (primary N) is 1. The number of rotatable bonds is 6. The maximum atomic E-state index is 11.2. The molecule has 0 rings (SSSR count). The molecule has 0 aliphatic carbocycles. The van der Waals surface area contributed by atoms with Gasteiger partial charge in [0.15, 0.2) is 0 Å². The number of ketones is 1. The average Bonchev–Trinajstić information content (AvgIpc) is 2.00. The molecule has 3 nitrogen and oxygen atoms in total. The van der Waals surface area contributed by atoms with Gasteiger partial charge in [-0.25, -0.2) is 0 Å². The van der Waals surface area contributed by atoms with Crippen LogP contribution in [0.5, 0.6) is 0 Å². The van der Waals surface area contributed by atoms with Crippen LogP contribution >= 0.6 is 0 Å². The van der Waals surface area contributed by atoms with E-state index in [0.29, 0.717) is 13.0 Å². The Labute approximate surface area is 74.3 Å². The Bertz CT molecular complexity index is 134. The first kappa shape index (κ1) is 11.6. The van der Waals surface area contributed by atoms with E-state index in [-0.39, 0.29) is 17.7 Å².